The summed E-state index contributed by atoms with van der Waals surface area (Å²) in [6, 6.07) is 0.590. The smallest absolute Gasteiger partial charge is 0.317 e. The van der Waals surface area contributed by atoms with Crippen LogP contribution in [0.15, 0.2) is 6.20 Å². The monoisotopic (exact) mass is 304 g/mol. The maximum atomic E-state index is 11.7. The number of nitrogens with one attached hydrogen (secondary N) is 1. The van der Waals surface area contributed by atoms with Gasteiger partial charge in [0.1, 0.15) is 5.75 Å². The SMILES string of the molecule is COc1c(C)cnc(CN2CC[C@H]3[C@@H](C2)NC(=O)N3C)c1C. The molecule has 0 saturated carbocycles. The number of rotatable bonds is 3. The van der Waals surface area contributed by atoms with Gasteiger partial charge in [0.15, 0.2) is 0 Å². The van der Waals surface area contributed by atoms with Crippen molar-refractivity contribution in [3.05, 3.63) is 23.0 Å². The second-order valence-electron chi connectivity index (χ2n) is 6.30. The molecule has 3 rings (SSSR count). The predicted molar refractivity (Wildman–Crippen MR) is 84.0 cm³/mol. The van der Waals surface area contributed by atoms with Crippen LogP contribution in [0, 0.1) is 13.8 Å². The molecule has 2 fully saturated rings. The Bertz CT molecular complexity index is 590. The van der Waals surface area contributed by atoms with Crippen LogP contribution in [0.4, 0.5) is 4.79 Å². The van der Waals surface area contributed by atoms with Gasteiger partial charge in [-0.25, -0.2) is 4.79 Å². The van der Waals surface area contributed by atoms with Crippen LogP contribution in [0.1, 0.15) is 23.2 Å². The number of methoxy groups -OCH3 is 1. The van der Waals surface area contributed by atoms with Crippen LogP contribution < -0.4 is 10.1 Å². The average Bonchev–Trinajstić information content (AvgIpc) is 2.77. The van der Waals surface area contributed by atoms with Crippen LogP contribution >= 0.6 is 0 Å². The largest absolute Gasteiger partial charge is 0.496 e. The first-order valence-electron chi connectivity index (χ1n) is 7.76. The van der Waals surface area contributed by atoms with Gasteiger partial charge in [-0.1, -0.05) is 0 Å². The van der Waals surface area contributed by atoms with Crippen LogP contribution in [-0.2, 0) is 6.54 Å². The van der Waals surface area contributed by atoms with Gasteiger partial charge in [0.25, 0.3) is 0 Å². The Morgan fingerprint density at radius 1 is 1.45 bits per heavy atom. The fourth-order valence-electron chi connectivity index (χ4n) is 3.61. The number of carbonyl (C=O) groups excluding carboxylic acids is 1. The third-order valence-corrected chi connectivity index (χ3v) is 4.91. The van der Waals surface area contributed by atoms with E-state index in [-0.39, 0.29) is 12.1 Å². The number of piperidine rings is 1. The van der Waals surface area contributed by atoms with Gasteiger partial charge < -0.3 is 15.0 Å². The molecule has 3 heterocycles. The number of amides is 2. The fourth-order valence-corrected chi connectivity index (χ4v) is 3.61. The molecule has 120 valence electrons. The van der Waals surface area contributed by atoms with E-state index in [9.17, 15) is 4.79 Å². The Balaban J connectivity index is 1.72. The van der Waals surface area contributed by atoms with Crippen LogP contribution in [0.2, 0.25) is 0 Å². The Morgan fingerprint density at radius 2 is 2.23 bits per heavy atom. The van der Waals surface area contributed by atoms with E-state index in [1.807, 2.05) is 25.1 Å². The van der Waals surface area contributed by atoms with E-state index in [1.165, 1.54) is 0 Å². The Hall–Kier alpha value is -1.82. The number of ether oxygens (including phenoxy) is 1. The van der Waals surface area contributed by atoms with Gasteiger partial charge in [0.2, 0.25) is 0 Å². The molecule has 2 aliphatic heterocycles. The number of likely N-dealkylation sites (N-methyl/N-ethyl adjacent to an activating group) is 1. The summed E-state index contributed by atoms with van der Waals surface area (Å²) in [6.07, 6.45) is 2.88. The van der Waals surface area contributed by atoms with Crippen molar-refractivity contribution in [3.8, 4) is 5.75 Å². The van der Waals surface area contributed by atoms with Crippen molar-refractivity contribution in [1.82, 2.24) is 20.1 Å². The fraction of sp³-hybridized carbons (Fsp3) is 0.625. The third-order valence-electron chi connectivity index (χ3n) is 4.91. The second kappa shape index (κ2) is 5.76. The molecule has 22 heavy (non-hydrogen) atoms. The number of aromatic nitrogens is 1. The zero-order valence-corrected chi connectivity index (χ0v) is 13.7. The first-order chi connectivity index (χ1) is 10.5. The lowest BCUT2D eigenvalue weighted by molar-refractivity contribution is 0.146. The highest BCUT2D eigenvalue weighted by atomic mass is 16.5. The van der Waals surface area contributed by atoms with E-state index in [0.29, 0.717) is 6.04 Å². The molecule has 0 bridgehead atoms. The van der Waals surface area contributed by atoms with Crippen molar-refractivity contribution < 1.29 is 9.53 Å². The van der Waals surface area contributed by atoms with Crippen molar-refractivity contribution in [2.75, 3.05) is 27.2 Å². The molecule has 6 heteroatoms. The van der Waals surface area contributed by atoms with E-state index < -0.39 is 0 Å². The third kappa shape index (κ3) is 2.52. The number of fused-ring (bicyclic) bond motifs is 1. The van der Waals surface area contributed by atoms with Crippen LogP contribution in [-0.4, -0.2) is 60.1 Å². The highest BCUT2D eigenvalue weighted by Gasteiger charge is 2.40. The van der Waals surface area contributed by atoms with Crippen LogP contribution in [0.3, 0.4) is 0 Å². The molecule has 0 unspecified atom stereocenters. The quantitative estimate of drug-likeness (QED) is 0.914. The normalized spacial score (nSPS) is 25.1. The molecule has 2 atom stereocenters. The summed E-state index contributed by atoms with van der Waals surface area (Å²) in [5.41, 5.74) is 3.22. The van der Waals surface area contributed by atoms with Gasteiger partial charge in [0.05, 0.1) is 24.9 Å². The van der Waals surface area contributed by atoms with Crippen molar-refractivity contribution in [3.63, 3.8) is 0 Å². The summed E-state index contributed by atoms with van der Waals surface area (Å²) in [6.45, 7) is 6.73. The first-order valence-corrected chi connectivity index (χ1v) is 7.76. The van der Waals surface area contributed by atoms with Gasteiger partial charge in [-0.15, -0.1) is 0 Å². The van der Waals surface area contributed by atoms with Gasteiger partial charge in [-0.2, -0.15) is 0 Å². The number of carbonyl (C=O) groups is 1. The molecule has 1 aromatic heterocycles. The van der Waals surface area contributed by atoms with Crippen molar-refractivity contribution in [1.29, 1.82) is 0 Å². The number of hydrogen-bond acceptors (Lipinski definition) is 4. The number of aryl methyl sites for hydroxylation is 1. The summed E-state index contributed by atoms with van der Waals surface area (Å²) in [7, 11) is 3.58. The van der Waals surface area contributed by atoms with Crippen molar-refractivity contribution in [2.45, 2.75) is 38.9 Å². The van der Waals surface area contributed by atoms with Gasteiger partial charge >= 0.3 is 6.03 Å². The summed E-state index contributed by atoms with van der Waals surface area (Å²) >= 11 is 0. The lowest BCUT2D eigenvalue weighted by Crippen LogP contribution is -2.50. The molecular formula is C16H24N4O2. The molecular weight excluding hydrogens is 280 g/mol. The predicted octanol–water partition coefficient (Wildman–Crippen LogP) is 1.30. The molecule has 2 saturated heterocycles. The summed E-state index contributed by atoms with van der Waals surface area (Å²) in [5, 5.41) is 3.07. The zero-order chi connectivity index (χ0) is 15.9. The van der Waals surface area contributed by atoms with Crippen molar-refractivity contribution >= 4 is 6.03 Å². The number of pyridine rings is 1. The average molecular weight is 304 g/mol. The maximum absolute atomic E-state index is 11.7. The van der Waals surface area contributed by atoms with E-state index >= 15 is 0 Å². The molecule has 6 nitrogen and oxygen atoms in total. The summed E-state index contributed by atoms with van der Waals surface area (Å²) in [4.78, 5) is 20.5. The number of likely N-dealkylation sites (tertiary alicyclic amines) is 1. The summed E-state index contributed by atoms with van der Waals surface area (Å²) in [5.74, 6) is 0.925. The highest BCUT2D eigenvalue weighted by Crippen LogP contribution is 2.27. The Labute approximate surface area is 131 Å². The minimum atomic E-state index is 0.0446. The molecule has 0 radical (unpaired) electrons. The first kappa shape index (κ1) is 15.1. The molecule has 2 aliphatic rings. The lowest BCUT2D eigenvalue weighted by Gasteiger charge is -2.35. The topological polar surface area (TPSA) is 57.7 Å². The molecule has 1 N–H and O–H groups in total. The molecule has 0 spiro atoms. The molecule has 1 aromatic rings. The van der Waals surface area contributed by atoms with Gasteiger partial charge in [0, 0.05) is 44.0 Å². The summed E-state index contributed by atoms with van der Waals surface area (Å²) < 4.78 is 5.48. The lowest BCUT2D eigenvalue weighted by atomic mass is 9.99. The van der Waals surface area contributed by atoms with Crippen LogP contribution in [0.25, 0.3) is 0 Å². The molecule has 0 aliphatic carbocycles. The number of nitrogens with zero attached hydrogens (tertiary/aromatic N) is 3. The molecule has 2 amide bonds. The van der Waals surface area contributed by atoms with E-state index in [4.69, 9.17) is 4.74 Å². The minimum Gasteiger partial charge on any atom is -0.496 e. The highest BCUT2D eigenvalue weighted by molar-refractivity contribution is 5.77. The number of urea groups is 1. The standard InChI is InChI=1S/C16H24N4O2/c1-10-7-17-12(11(2)15(10)22-4)8-20-6-5-14-13(9-20)18-16(21)19(14)3/h7,13-14H,5-6,8-9H2,1-4H3,(H,18,21)/t13-,14+/m1/s1. The molecule has 0 aromatic carbocycles. The van der Waals surface area contributed by atoms with E-state index in [1.54, 1.807) is 7.11 Å². The Kier molecular flexibility index (Phi) is 3.95. The van der Waals surface area contributed by atoms with Gasteiger partial charge in [-0.05, 0) is 20.3 Å². The minimum absolute atomic E-state index is 0.0446. The van der Waals surface area contributed by atoms with Gasteiger partial charge in [-0.3, -0.25) is 9.88 Å². The Morgan fingerprint density at radius 3 is 2.95 bits per heavy atom. The van der Waals surface area contributed by atoms with Crippen LogP contribution in [0.5, 0.6) is 5.75 Å². The second-order valence-corrected chi connectivity index (χ2v) is 6.30. The number of hydrogen-bond donors (Lipinski definition) is 1. The maximum Gasteiger partial charge on any atom is 0.317 e. The van der Waals surface area contributed by atoms with Crippen molar-refractivity contribution in [2.24, 2.45) is 0 Å². The zero-order valence-electron chi connectivity index (χ0n) is 13.7. The van der Waals surface area contributed by atoms with E-state index in [0.717, 1.165) is 48.6 Å². The van der Waals surface area contributed by atoms with E-state index in [2.05, 4.69) is 22.1 Å².